The normalized spacial score (nSPS) is 14.6. The van der Waals surface area contributed by atoms with Gasteiger partial charge in [-0.1, -0.05) is 42.5 Å². The van der Waals surface area contributed by atoms with Crippen molar-refractivity contribution in [2.75, 3.05) is 18.5 Å². The molecule has 2 aromatic carbocycles. The summed E-state index contributed by atoms with van der Waals surface area (Å²) < 4.78 is 6.07. The highest BCUT2D eigenvalue weighted by Crippen LogP contribution is 2.31. The average Bonchev–Trinajstić information content (AvgIpc) is 3.47. The molecule has 2 aromatic rings. The molecule has 5 heteroatoms. The van der Waals surface area contributed by atoms with Crippen molar-refractivity contribution in [1.82, 2.24) is 4.90 Å². The Morgan fingerprint density at radius 1 is 1.20 bits per heavy atom. The van der Waals surface area contributed by atoms with Crippen LogP contribution >= 0.6 is 0 Å². The van der Waals surface area contributed by atoms with E-state index in [1.165, 1.54) is 0 Å². The van der Waals surface area contributed by atoms with Gasteiger partial charge < -0.3 is 20.1 Å². The third-order valence-corrected chi connectivity index (χ3v) is 4.29. The number of nitrogens with zero attached hydrogens (tertiary/aromatic N) is 1. The number of carbonyl (C=O) groups is 1. The van der Waals surface area contributed by atoms with Gasteiger partial charge in [0.2, 0.25) is 0 Å². The first-order chi connectivity index (χ1) is 12.2. The largest absolute Gasteiger partial charge is 0.484 e. The molecule has 0 saturated heterocycles. The molecule has 25 heavy (non-hydrogen) atoms. The number of nitrogens with one attached hydrogen (secondary N) is 1. The van der Waals surface area contributed by atoms with Crippen LogP contribution in [0.2, 0.25) is 0 Å². The van der Waals surface area contributed by atoms with E-state index in [-0.39, 0.29) is 24.8 Å². The Morgan fingerprint density at radius 2 is 1.88 bits per heavy atom. The van der Waals surface area contributed by atoms with Crippen LogP contribution in [-0.4, -0.2) is 35.2 Å². The fraction of sp³-hybridized carbons (Fsp3) is 0.350. The zero-order chi connectivity index (χ0) is 17.6. The number of carbonyl (C=O) groups excluding carboxylic acids is 1. The number of rotatable bonds is 7. The zero-order valence-electron chi connectivity index (χ0n) is 14.4. The summed E-state index contributed by atoms with van der Waals surface area (Å²) in [7, 11) is 0. The zero-order valence-corrected chi connectivity index (χ0v) is 14.4. The van der Waals surface area contributed by atoms with Crippen LogP contribution in [0.25, 0.3) is 0 Å². The lowest BCUT2D eigenvalue weighted by Crippen LogP contribution is -2.38. The predicted molar refractivity (Wildman–Crippen MR) is 97.8 cm³/mol. The molecule has 1 saturated carbocycles. The molecule has 132 valence electrons. The number of para-hydroxylation sites is 2. The number of aliphatic hydroxyl groups is 1. The molecule has 1 aliphatic carbocycles. The summed E-state index contributed by atoms with van der Waals surface area (Å²) in [6.07, 6.45) is 1.86. The average molecular weight is 340 g/mol. The first kappa shape index (κ1) is 17.3. The van der Waals surface area contributed by atoms with Crippen molar-refractivity contribution in [3.05, 3.63) is 60.2 Å². The molecule has 1 unspecified atom stereocenters. The smallest absolute Gasteiger partial charge is 0.322 e. The standard InChI is InChI=1S/C20H24N2O3/c1-15(16-7-3-2-4-8-16)25-19-10-6-5-9-18(19)21-20(24)22(13-14-23)17-11-12-17/h2-10,15,17,23H,11-14H2,1H3,(H,21,24). The lowest BCUT2D eigenvalue weighted by Gasteiger charge is -2.23. The quantitative estimate of drug-likeness (QED) is 0.805. The highest BCUT2D eigenvalue weighted by Gasteiger charge is 2.32. The van der Waals surface area contributed by atoms with Crippen LogP contribution in [0.15, 0.2) is 54.6 Å². The van der Waals surface area contributed by atoms with E-state index in [4.69, 9.17) is 4.74 Å². The lowest BCUT2D eigenvalue weighted by molar-refractivity contribution is 0.184. The third-order valence-electron chi connectivity index (χ3n) is 4.29. The number of anilines is 1. The van der Waals surface area contributed by atoms with Crippen LogP contribution in [0.1, 0.15) is 31.4 Å². The van der Waals surface area contributed by atoms with Gasteiger partial charge in [-0.25, -0.2) is 4.79 Å². The molecular weight excluding hydrogens is 316 g/mol. The van der Waals surface area contributed by atoms with Gasteiger partial charge in [0.15, 0.2) is 0 Å². The fourth-order valence-electron chi connectivity index (χ4n) is 2.79. The monoisotopic (exact) mass is 340 g/mol. The van der Waals surface area contributed by atoms with Gasteiger partial charge in [0.25, 0.3) is 0 Å². The molecule has 1 aliphatic rings. The minimum absolute atomic E-state index is 0.0346. The molecule has 0 radical (unpaired) electrons. The molecule has 0 aliphatic heterocycles. The van der Waals surface area contributed by atoms with Gasteiger partial charge in [0.1, 0.15) is 11.9 Å². The summed E-state index contributed by atoms with van der Waals surface area (Å²) in [6.45, 7) is 2.29. The molecule has 0 aromatic heterocycles. The maximum Gasteiger partial charge on any atom is 0.322 e. The first-order valence-electron chi connectivity index (χ1n) is 8.68. The van der Waals surface area contributed by atoms with Crippen LogP contribution < -0.4 is 10.1 Å². The van der Waals surface area contributed by atoms with E-state index in [1.807, 2.05) is 61.5 Å². The maximum absolute atomic E-state index is 12.5. The molecule has 0 bridgehead atoms. The highest BCUT2D eigenvalue weighted by atomic mass is 16.5. The number of hydrogen-bond acceptors (Lipinski definition) is 3. The van der Waals surface area contributed by atoms with E-state index in [1.54, 1.807) is 4.90 Å². The minimum Gasteiger partial charge on any atom is -0.484 e. The Hall–Kier alpha value is -2.53. The van der Waals surface area contributed by atoms with Crippen molar-refractivity contribution in [3.8, 4) is 5.75 Å². The summed E-state index contributed by atoms with van der Waals surface area (Å²) in [5, 5.41) is 12.1. The van der Waals surface area contributed by atoms with Gasteiger partial charge in [-0.3, -0.25) is 0 Å². The summed E-state index contributed by atoms with van der Waals surface area (Å²) >= 11 is 0. The van der Waals surface area contributed by atoms with Crippen molar-refractivity contribution in [2.24, 2.45) is 0 Å². The van der Waals surface area contributed by atoms with Gasteiger partial charge in [0, 0.05) is 12.6 Å². The molecule has 2 amide bonds. The lowest BCUT2D eigenvalue weighted by atomic mass is 10.1. The first-order valence-corrected chi connectivity index (χ1v) is 8.68. The number of amides is 2. The number of aliphatic hydroxyl groups excluding tert-OH is 1. The summed E-state index contributed by atoms with van der Waals surface area (Å²) in [5.41, 5.74) is 1.71. The Labute approximate surface area is 148 Å². The molecule has 2 N–H and O–H groups in total. The van der Waals surface area contributed by atoms with Gasteiger partial charge in [-0.2, -0.15) is 0 Å². The van der Waals surface area contributed by atoms with E-state index in [0.717, 1.165) is 18.4 Å². The van der Waals surface area contributed by atoms with E-state index < -0.39 is 0 Å². The number of urea groups is 1. The number of benzene rings is 2. The van der Waals surface area contributed by atoms with Crippen molar-refractivity contribution in [3.63, 3.8) is 0 Å². The van der Waals surface area contributed by atoms with Crippen molar-refractivity contribution < 1.29 is 14.6 Å². The fourth-order valence-corrected chi connectivity index (χ4v) is 2.79. The van der Waals surface area contributed by atoms with E-state index in [0.29, 0.717) is 18.0 Å². The SMILES string of the molecule is CC(Oc1ccccc1NC(=O)N(CCO)C1CC1)c1ccccc1. The van der Waals surface area contributed by atoms with Crippen molar-refractivity contribution in [2.45, 2.75) is 31.9 Å². The summed E-state index contributed by atoms with van der Waals surface area (Å²) in [4.78, 5) is 14.2. The second-order valence-electron chi connectivity index (χ2n) is 6.25. The van der Waals surface area contributed by atoms with E-state index in [2.05, 4.69) is 5.32 Å². The Kier molecular flexibility index (Phi) is 5.56. The van der Waals surface area contributed by atoms with E-state index >= 15 is 0 Å². The molecule has 1 atom stereocenters. The maximum atomic E-state index is 12.5. The Bertz CT molecular complexity index is 701. The minimum atomic E-state index is -0.194. The van der Waals surface area contributed by atoms with Crippen molar-refractivity contribution >= 4 is 11.7 Å². The Balaban J connectivity index is 1.71. The van der Waals surface area contributed by atoms with Crippen LogP contribution in [0.5, 0.6) is 5.75 Å². The van der Waals surface area contributed by atoms with Gasteiger partial charge in [-0.15, -0.1) is 0 Å². The van der Waals surface area contributed by atoms with Crippen LogP contribution in [0, 0.1) is 0 Å². The third kappa shape index (κ3) is 4.51. The van der Waals surface area contributed by atoms with Crippen LogP contribution in [-0.2, 0) is 0 Å². The van der Waals surface area contributed by atoms with Crippen molar-refractivity contribution in [1.29, 1.82) is 0 Å². The van der Waals surface area contributed by atoms with Crippen LogP contribution in [0.3, 0.4) is 0 Å². The molecular formula is C20H24N2O3. The molecule has 5 nitrogen and oxygen atoms in total. The van der Waals surface area contributed by atoms with Gasteiger partial charge in [-0.05, 0) is 37.5 Å². The number of hydrogen-bond donors (Lipinski definition) is 2. The molecule has 1 fully saturated rings. The summed E-state index contributed by atoms with van der Waals surface area (Å²) in [5.74, 6) is 0.631. The highest BCUT2D eigenvalue weighted by molar-refractivity contribution is 5.91. The number of ether oxygens (including phenoxy) is 1. The topological polar surface area (TPSA) is 61.8 Å². The predicted octanol–water partition coefficient (Wildman–Crippen LogP) is 3.82. The molecule has 0 spiro atoms. The second-order valence-corrected chi connectivity index (χ2v) is 6.25. The van der Waals surface area contributed by atoms with Crippen LogP contribution in [0.4, 0.5) is 10.5 Å². The molecule has 0 heterocycles. The van der Waals surface area contributed by atoms with Gasteiger partial charge >= 0.3 is 6.03 Å². The summed E-state index contributed by atoms with van der Waals surface area (Å²) in [6, 6.07) is 17.4. The van der Waals surface area contributed by atoms with Gasteiger partial charge in [0.05, 0.1) is 12.3 Å². The van der Waals surface area contributed by atoms with E-state index in [9.17, 15) is 9.90 Å². The Morgan fingerprint density at radius 3 is 2.56 bits per heavy atom. The molecule has 3 rings (SSSR count). The second kappa shape index (κ2) is 8.03.